The van der Waals surface area contributed by atoms with Crippen LogP contribution in [-0.4, -0.2) is 36.5 Å². The first-order chi connectivity index (χ1) is 10.4. The Kier molecular flexibility index (Phi) is 6.81. The van der Waals surface area contributed by atoms with Crippen LogP contribution in [0.3, 0.4) is 0 Å². The van der Waals surface area contributed by atoms with Crippen LogP contribution >= 0.6 is 0 Å². The van der Waals surface area contributed by atoms with E-state index in [2.05, 4.69) is 0 Å². The predicted molar refractivity (Wildman–Crippen MR) is 77.9 cm³/mol. The van der Waals surface area contributed by atoms with E-state index in [-0.39, 0.29) is 13.2 Å². The molecule has 1 atom stereocenters. The number of benzene rings is 1. The number of ether oxygens (including phenoxy) is 2. The number of carbonyl (C=O) groups is 2. The van der Waals surface area contributed by atoms with Crippen LogP contribution in [0.2, 0.25) is 0 Å². The van der Waals surface area contributed by atoms with Crippen LogP contribution < -0.4 is 5.48 Å². The van der Waals surface area contributed by atoms with Crippen LogP contribution in [0.5, 0.6) is 0 Å². The number of hydrogen-bond donors (Lipinski definition) is 2. The fraction of sp³-hybridized carbons (Fsp3) is 0.467. The van der Waals surface area contributed by atoms with E-state index in [4.69, 9.17) is 14.3 Å². The minimum atomic E-state index is -1.68. The van der Waals surface area contributed by atoms with Crippen LogP contribution in [0, 0.1) is 5.92 Å². The van der Waals surface area contributed by atoms with Crippen molar-refractivity contribution in [2.24, 2.45) is 5.92 Å². The Balaban J connectivity index is 2.57. The van der Waals surface area contributed by atoms with E-state index in [9.17, 15) is 14.7 Å². The molecule has 22 heavy (non-hydrogen) atoms. The average molecular weight is 311 g/mol. The smallest absolute Gasteiger partial charge is 0.431 e. The summed E-state index contributed by atoms with van der Waals surface area (Å²) in [7, 11) is 1.36. The van der Waals surface area contributed by atoms with Crippen molar-refractivity contribution < 1.29 is 29.0 Å². The number of hydrogen-bond acceptors (Lipinski definition) is 5. The molecule has 1 aromatic carbocycles. The Morgan fingerprint density at radius 1 is 1.27 bits per heavy atom. The Labute approximate surface area is 129 Å². The molecular formula is C15H21NO6. The first kappa shape index (κ1) is 17.9. The monoisotopic (exact) mass is 311 g/mol. The van der Waals surface area contributed by atoms with Crippen molar-refractivity contribution in [1.82, 2.24) is 5.48 Å². The second-order valence-corrected chi connectivity index (χ2v) is 5.05. The van der Waals surface area contributed by atoms with Gasteiger partial charge in [0.1, 0.15) is 6.61 Å². The summed E-state index contributed by atoms with van der Waals surface area (Å²) in [6.45, 7) is 3.16. The normalized spacial score (nSPS) is 13.5. The lowest BCUT2D eigenvalue weighted by atomic mass is 9.91. The van der Waals surface area contributed by atoms with Gasteiger partial charge in [0.05, 0.1) is 6.61 Å². The summed E-state index contributed by atoms with van der Waals surface area (Å²) in [5.41, 5.74) is 1.15. The molecule has 1 rings (SSSR count). The van der Waals surface area contributed by atoms with Gasteiger partial charge in [-0.2, -0.15) is 5.48 Å². The molecule has 0 spiro atoms. The molecule has 0 saturated heterocycles. The molecule has 0 fully saturated rings. The van der Waals surface area contributed by atoms with Crippen LogP contribution in [0.25, 0.3) is 0 Å². The molecule has 0 bridgehead atoms. The largest absolute Gasteiger partial charge is 0.479 e. The molecule has 1 amide bonds. The zero-order valence-corrected chi connectivity index (χ0v) is 12.9. The highest BCUT2D eigenvalue weighted by Gasteiger charge is 2.45. The van der Waals surface area contributed by atoms with E-state index in [1.165, 1.54) is 7.11 Å². The maximum atomic E-state index is 11.6. The minimum Gasteiger partial charge on any atom is -0.479 e. The molecule has 0 aliphatic heterocycles. The van der Waals surface area contributed by atoms with Gasteiger partial charge in [0.25, 0.3) is 0 Å². The van der Waals surface area contributed by atoms with E-state index in [0.29, 0.717) is 0 Å². The van der Waals surface area contributed by atoms with Gasteiger partial charge in [0.2, 0.25) is 5.60 Å². The van der Waals surface area contributed by atoms with Crippen molar-refractivity contribution in [3.05, 3.63) is 35.9 Å². The average Bonchev–Trinajstić information content (AvgIpc) is 2.49. The zero-order chi connectivity index (χ0) is 16.6. The second kappa shape index (κ2) is 8.35. The molecule has 122 valence electrons. The number of aliphatic carboxylic acids is 1. The van der Waals surface area contributed by atoms with Crippen LogP contribution in [-0.2, 0) is 25.7 Å². The SMILES string of the molecule is COC[C@@](ONC(=O)OCc1ccccc1)(C(=O)O)C(C)C. The second-order valence-electron chi connectivity index (χ2n) is 5.05. The highest BCUT2D eigenvalue weighted by atomic mass is 16.7. The van der Waals surface area contributed by atoms with Crippen molar-refractivity contribution in [3.63, 3.8) is 0 Å². The fourth-order valence-corrected chi connectivity index (χ4v) is 1.77. The van der Waals surface area contributed by atoms with E-state index < -0.39 is 23.6 Å². The van der Waals surface area contributed by atoms with E-state index in [1.54, 1.807) is 26.0 Å². The third-order valence-corrected chi connectivity index (χ3v) is 3.18. The summed E-state index contributed by atoms with van der Waals surface area (Å²) >= 11 is 0. The maximum absolute atomic E-state index is 11.6. The zero-order valence-electron chi connectivity index (χ0n) is 12.9. The summed E-state index contributed by atoms with van der Waals surface area (Å²) < 4.78 is 9.85. The first-order valence-electron chi connectivity index (χ1n) is 6.79. The Morgan fingerprint density at radius 3 is 2.41 bits per heavy atom. The maximum Gasteiger partial charge on any atom is 0.431 e. The summed E-state index contributed by atoms with van der Waals surface area (Å²) in [5.74, 6) is -1.66. The molecule has 0 radical (unpaired) electrons. The fourth-order valence-electron chi connectivity index (χ4n) is 1.77. The van der Waals surface area contributed by atoms with Crippen molar-refractivity contribution >= 4 is 12.1 Å². The number of carboxylic acid groups (broad SMARTS) is 1. The molecule has 0 heterocycles. The number of hydroxylamine groups is 1. The van der Waals surface area contributed by atoms with Crippen LogP contribution in [0.4, 0.5) is 4.79 Å². The Bertz CT molecular complexity index is 490. The van der Waals surface area contributed by atoms with Crippen LogP contribution in [0.15, 0.2) is 30.3 Å². The number of methoxy groups -OCH3 is 1. The van der Waals surface area contributed by atoms with Gasteiger partial charge in [0.15, 0.2) is 0 Å². The quantitative estimate of drug-likeness (QED) is 0.713. The van der Waals surface area contributed by atoms with Gasteiger partial charge in [-0.25, -0.2) is 14.4 Å². The molecule has 1 aromatic rings. The lowest BCUT2D eigenvalue weighted by Gasteiger charge is -2.31. The van der Waals surface area contributed by atoms with Crippen molar-refractivity contribution in [3.8, 4) is 0 Å². The molecule has 7 heteroatoms. The van der Waals surface area contributed by atoms with Crippen LogP contribution in [0.1, 0.15) is 19.4 Å². The molecule has 0 aliphatic carbocycles. The number of amides is 1. The van der Waals surface area contributed by atoms with Gasteiger partial charge < -0.3 is 14.6 Å². The van der Waals surface area contributed by atoms with Gasteiger partial charge in [-0.1, -0.05) is 44.2 Å². The minimum absolute atomic E-state index is 0.0576. The van der Waals surface area contributed by atoms with Gasteiger partial charge in [0, 0.05) is 7.11 Å². The van der Waals surface area contributed by atoms with E-state index in [0.717, 1.165) is 5.56 Å². The van der Waals surface area contributed by atoms with Gasteiger partial charge in [-0.15, -0.1) is 0 Å². The highest BCUT2D eigenvalue weighted by Crippen LogP contribution is 2.22. The predicted octanol–water partition coefficient (Wildman–Crippen LogP) is 1.97. The van der Waals surface area contributed by atoms with Gasteiger partial charge in [-0.3, -0.25) is 0 Å². The van der Waals surface area contributed by atoms with Crippen molar-refractivity contribution in [2.45, 2.75) is 26.1 Å². The number of carbonyl (C=O) groups excluding carboxylic acids is 1. The summed E-state index contributed by atoms with van der Waals surface area (Å²) in [5, 5.41) is 9.35. The standard InChI is InChI=1S/C15H21NO6/c1-11(2)15(10-20-3,13(17)18)22-16-14(19)21-9-12-7-5-4-6-8-12/h4-8,11H,9-10H2,1-3H3,(H,16,19)(H,17,18)/t15-/m0/s1. The lowest BCUT2D eigenvalue weighted by Crippen LogP contribution is -2.54. The highest BCUT2D eigenvalue weighted by molar-refractivity contribution is 5.78. The van der Waals surface area contributed by atoms with Crippen molar-refractivity contribution in [2.75, 3.05) is 13.7 Å². The summed E-state index contributed by atoms with van der Waals surface area (Å²) in [6.07, 6.45) is -0.869. The number of carboxylic acids is 1. The molecule has 0 aromatic heterocycles. The summed E-state index contributed by atoms with van der Waals surface area (Å²) in [6, 6.07) is 9.09. The topological polar surface area (TPSA) is 94.1 Å². The molecular weight excluding hydrogens is 290 g/mol. The number of nitrogens with one attached hydrogen (secondary N) is 1. The molecule has 0 aliphatic rings. The van der Waals surface area contributed by atoms with Crippen molar-refractivity contribution in [1.29, 1.82) is 0 Å². The third kappa shape index (κ3) is 4.71. The van der Waals surface area contributed by atoms with Gasteiger partial charge in [-0.05, 0) is 11.5 Å². The first-order valence-corrected chi connectivity index (χ1v) is 6.79. The van der Waals surface area contributed by atoms with Gasteiger partial charge >= 0.3 is 12.1 Å². The lowest BCUT2D eigenvalue weighted by molar-refractivity contribution is -0.194. The van der Waals surface area contributed by atoms with E-state index >= 15 is 0 Å². The van der Waals surface area contributed by atoms with E-state index in [1.807, 2.05) is 23.7 Å². The number of rotatable bonds is 8. The Morgan fingerprint density at radius 2 is 1.91 bits per heavy atom. The summed E-state index contributed by atoms with van der Waals surface area (Å²) in [4.78, 5) is 28.2. The molecule has 0 unspecified atom stereocenters. The Hall–Kier alpha value is -2.12. The molecule has 2 N–H and O–H groups in total. The molecule has 7 nitrogen and oxygen atoms in total. The molecule has 0 saturated carbocycles. The third-order valence-electron chi connectivity index (χ3n) is 3.18.